The predicted molar refractivity (Wildman–Crippen MR) is 72.7 cm³/mol. The minimum atomic E-state index is -2.82. The summed E-state index contributed by atoms with van der Waals surface area (Å²) in [5, 5.41) is 5.94. The van der Waals surface area contributed by atoms with Gasteiger partial charge in [0.25, 0.3) is 0 Å². The van der Waals surface area contributed by atoms with E-state index in [4.69, 9.17) is 0 Å². The van der Waals surface area contributed by atoms with E-state index in [1.807, 2.05) is 6.92 Å². The third-order valence-corrected chi connectivity index (χ3v) is 2.54. The van der Waals surface area contributed by atoms with Crippen LogP contribution in [0.3, 0.4) is 0 Å². The first kappa shape index (κ1) is 14.0. The van der Waals surface area contributed by atoms with Crippen LogP contribution in [0.25, 0.3) is 0 Å². The van der Waals surface area contributed by atoms with Crippen molar-refractivity contribution < 1.29 is 13.5 Å². The van der Waals surface area contributed by atoms with Gasteiger partial charge in [0.1, 0.15) is 11.6 Å². The van der Waals surface area contributed by atoms with Gasteiger partial charge < -0.3 is 15.4 Å². The van der Waals surface area contributed by atoms with Gasteiger partial charge in [-0.2, -0.15) is 13.8 Å². The van der Waals surface area contributed by atoms with Crippen molar-refractivity contribution in [1.29, 1.82) is 0 Å². The van der Waals surface area contributed by atoms with Crippen LogP contribution in [0.4, 0.5) is 26.2 Å². The number of anilines is 3. The Kier molecular flexibility index (Phi) is 4.29. The van der Waals surface area contributed by atoms with Crippen LogP contribution >= 0.6 is 0 Å². The number of nitrogens with one attached hydrogen (secondary N) is 2. The highest BCUT2D eigenvalue weighted by Gasteiger charge is 2.06. The van der Waals surface area contributed by atoms with Crippen LogP contribution in [0.2, 0.25) is 0 Å². The largest absolute Gasteiger partial charge is 0.435 e. The molecule has 106 valence electrons. The van der Waals surface area contributed by atoms with Crippen LogP contribution in [0.5, 0.6) is 5.75 Å². The average Bonchev–Trinajstić information content (AvgIpc) is 2.43. The highest BCUT2D eigenvalue weighted by molar-refractivity contribution is 5.60. The SMILES string of the molecule is CNc1ncc(C)c(Nc2ccc(OC(F)F)cc2)n1. The van der Waals surface area contributed by atoms with Crippen LogP contribution in [-0.2, 0) is 0 Å². The normalized spacial score (nSPS) is 10.4. The maximum absolute atomic E-state index is 12.0. The third kappa shape index (κ3) is 3.53. The molecule has 20 heavy (non-hydrogen) atoms. The molecule has 5 nitrogen and oxygen atoms in total. The predicted octanol–water partition coefficient (Wildman–Crippen LogP) is 3.17. The molecule has 0 amide bonds. The number of ether oxygens (including phenoxy) is 1. The number of benzene rings is 1. The number of aromatic nitrogens is 2. The van der Waals surface area contributed by atoms with Gasteiger partial charge in [-0.1, -0.05) is 0 Å². The Morgan fingerprint density at radius 1 is 1.20 bits per heavy atom. The molecule has 0 unspecified atom stereocenters. The number of nitrogens with zero attached hydrogens (tertiary/aromatic N) is 2. The molecule has 1 aromatic heterocycles. The average molecular weight is 280 g/mol. The van der Waals surface area contributed by atoms with Crippen LogP contribution in [-0.4, -0.2) is 23.6 Å². The molecule has 0 radical (unpaired) electrons. The molecule has 2 N–H and O–H groups in total. The van der Waals surface area contributed by atoms with E-state index in [2.05, 4.69) is 25.3 Å². The molecule has 0 saturated carbocycles. The zero-order valence-corrected chi connectivity index (χ0v) is 11.0. The quantitative estimate of drug-likeness (QED) is 0.881. The zero-order valence-electron chi connectivity index (χ0n) is 11.0. The van der Waals surface area contributed by atoms with Crippen LogP contribution in [0.15, 0.2) is 30.5 Å². The first-order valence-corrected chi connectivity index (χ1v) is 5.92. The van der Waals surface area contributed by atoms with Gasteiger partial charge >= 0.3 is 6.61 Å². The van der Waals surface area contributed by atoms with Gasteiger partial charge in [-0.15, -0.1) is 0 Å². The minimum absolute atomic E-state index is 0.112. The summed E-state index contributed by atoms with van der Waals surface area (Å²) >= 11 is 0. The lowest BCUT2D eigenvalue weighted by atomic mass is 10.3. The molecule has 1 heterocycles. The van der Waals surface area contributed by atoms with E-state index in [0.717, 1.165) is 11.3 Å². The minimum Gasteiger partial charge on any atom is -0.435 e. The van der Waals surface area contributed by atoms with Crippen molar-refractivity contribution in [3.8, 4) is 5.75 Å². The molecule has 1 aromatic carbocycles. The summed E-state index contributed by atoms with van der Waals surface area (Å²) in [4.78, 5) is 8.35. The lowest BCUT2D eigenvalue weighted by Gasteiger charge is -2.10. The summed E-state index contributed by atoms with van der Waals surface area (Å²) < 4.78 is 28.4. The number of hydrogen-bond acceptors (Lipinski definition) is 5. The molecular formula is C13H14F2N4O. The van der Waals surface area contributed by atoms with Crippen LogP contribution in [0, 0.1) is 6.92 Å². The maximum Gasteiger partial charge on any atom is 0.387 e. The van der Waals surface area contributed by atoms with E-state index in [9.17, 15) is 8.78 Å². The van der Waals surface area contributed by atoms with Gasteiger partial charge in [0, 0.05) is 24.5 Å². The molecule has 2 rings (SSSR count). The summed E-state index contributed by atoms with van der Waals surface area (Å²) in [5.74, 6) is 1.25. The molecule has 7 heteroatoms. The summed E-state index contributed by atoms with van der Waals surface area (Å²) in [6.45, 7) is -0.952. The Morgan fingerprint density at radius 2 is 1.90 bits per heavy atom. The summed E-state index contributed by atoms with van der Waals surface area (Å²) in [6, 6.07) is 6.20. The van der Waals surface area contributed by atoms with Crippen molar-refractivity contribution in [2.75, 3.05) is 17.7 Å². The first-order chi connectivity index (χ1) is 9.58. The molecule has 0 aliphatic rings. The van der Waals surface area contributed by atoms with E-state index in [1.54, 1.807) is 25.4 Å². The second-order valence-electron chi connectivity index (χ2n) is 4.00. The number of alkyl halides is 2. The number of aryl methyl sites for hydroxylation is 1. The molecule has 2 aromatic rings. The van der Waals surface area contributed by atoms with E-state index in [-0.39, 0.29) is 5.75 Å². The molecule has 0 fully saturated rings. The molecule has 0 spiro atoms. The first-order valence-electron chi connectivity index (χ1n) is 5.92. The Bertz CT molecular complexity index is 575. The highest BCUT2D eigenvalue weighted by Crippen LogP contribution is 2.22. The third-order valence-electron chi connectivity index (χ3n) is 2.54. The molecule has 0 aliphatic carbocycles. The smallest absolute Gasteiger partial charge is 0.387 e. The highest BCUT2D eigenvalue weighted by atomic mass is 19.3. The van der Waals surface area contributed by atoms with E-state index >= 15 is 0 Å². The van der Waals surface area contributed by atoms with Crippen molar-refractivity contribution in [2.24, 2.45) is 0 Å². The molecular weight excluding hydrogens is 266 g/mol. The summed E-state index contributed by atoms with van der Waals surface area (Å²) in [7, 11) is 1.73. The Balaban J connectivity index is 2.13. The van der Waals surface area contributed by atoms with Crippen LogP contribution in [0.1, 0.15) is 5.56 Å². The van der Waals surface area contributed by atoms with Gasteiger partial charge in [0.05, 0.1) is 0 Å². The Hall–Kier alpha value is -2.44. The van der Waals surface area contributed by atoms with Crippen molar-refractivity contribution in [2.45, 2.75) is 13.5 Å². The number of hydrogen-bond donors (Lipinski definition) is 2. The van der Waals surface area contributed by atoms with Gasteiger partial charge in [0.2, 0.25) is 5.95 Å². The van der Waals surface area contributed by atoms with Gasteiger partial charge in [-0.3, -0.25) is 0 Å². The second-order valence-corrected chi connectivity index (χ2v) is 4.00. The topological polar surface area (TPSA) is 59.1 Å². The monoisotopic (exact) mass is 280 g/mol. The molecule has 0 bridgehead atoms. The van der Waals surface area contributed by atoms with Crippen molar-refractivity contribution in [1.82, 2.24) is 9.97 Å². The van der Waals surface area contributed by atoms with Crippen molar-refractivity contribution >= 4 is 17.5 Å². The molecule has 0 aliphatic heterocycles. The fourth-order valence-electron chi connectivity index (χ4n) is 1.55. The fourth-order valence-corrected chi connectivity index (χ4v) is 1.55. The zero-order chi connectivity index (χ0) is 14.5. The maximum atomic E-state index is 12.0. The molecule has 0 atom stereocenters. The number of halogens is 2. The Labute approximate surface area is 115 Å². The van der Waals surface area contributed by atoms with Crippen molar-refractivity contribution in [3.05, 3.63) is 36.0 Å². The lowest BCUT2D eigenvalue weighted by Crippen LogP contribution is -2.03. The molecule has 0 saturated heterocycles. The van der Waals surface area contributed by atoms with Gasteiger partial charge in [0.15, 0.2) is 0 Å². The standard InChI is InChI=1S/C13H14F2N4O/c1-8-7-17-13(16-2)19-11(8)18-9-3-5-10(6-4-9)20-12(14)15/h3-7,12H,1-2H3,(H2,16,17,18,19). The fraction of sp³-hybridized carbons (Fsp3) is 0.231. The van der Waals surface area contributed by atoms with Gasteiger partial charge in [-0.05, 0) is 31.2 Å². The summed E-state index contributed by atoms with van der Waals surface area (Å²) in [5.41, 5.74) is 1.59. The van der Waals surface area contributed by atoms with Crippen molar-refractivity contribution in [3.63, 3.8) is 0 Å². The van der Waals surface area contributed by atoms with E-state index < -0.39 is 6.61 Å². The van der Waals surface area contributed by atoms with E-state index in [0.29, 0.717) is 11.8 Å². The lowest BCUT2D eigenvalue weighted by molar-refractivity contribution is -0.0498. The second kappa shape index (κ2) is 6.14. The summed E-state index contributed by atoms with van der Waals surface area (Å²) in [6.07, 6.45) is 1.69. The Morgan fingerprint density at radius 3 is 2.50 bits per heavy atom. The van der Waals surface area contributed by atoms with Gasteiger partial charge in [-0.25, -0.2) is 4.98 Å². The van der Waals surface area contributed by atoms with E-state index in [1.165, 1.54) is 12.1 Å². The number of rotatable bonds is 5. The van der Waals surface area contributed by atoms with Crippen LogP contribution < -0.4 is 15.4 Å².